The van der Waals surface area contributed by atoms with Gasteiger partial charge in [0.15, 0.2) is 5.78 Å². The summed E-state index contributed by atoms with van der Waals surface area (Å²) in [5.74, 6) is 1.09. The first-order chi connectivity index (χ1) is 14.7. The molecule has 0 bridgehead atoms. The number of aromatic amines is 1. The number of carbonyl (C=O) groups excluding carboxylic acids is 3. The van der Waals surface area contributed by atoms with Crippen LogP contribution in [-0.2, 0) is 9.47 Å². The Morgan fingerprint density at radius 1 is 1.00 bits per heavy atom. The molecule has 1 aromatic heterocycles. The van der Waals surface area contributed by atoms with Crippen LogP contribution >= 0.6 is 23.2 Å². The van der Waals surface area contributed by atoms with Gasteiger partial charge in [-0.2, -0.15) is 0 Å². The number of nitrogens with one attached hydrogen (secondary N) is 1. The highest BCUT2D eigenvalue weighted by Crippen LogP contribution is 2.30. The van der Waals surface area contributed by atoms with Crippen LogP contribution in [0.2, 0.25) is 10.0 Å². The van der Waals surface area contributed by atoms with Crippen molar-refractivity contribution in [2.75, 3.05) is 20.0 Å². The van der Waals surface area contributed by atoms with Crippen molar-refractivity contribution in [2.45, 2.75) is 6.92 Å². The highest BCUT2D eigenvalue weighted by molar-refractivity contribution is 6.39. The number of fused-ring (bicyclic) bond motifs is 1. The zero-order valence-corrected chi connectivity index (χ0v) is 18.4. The summed E-state index contributed by atoms with van der Waals surface area (Å²) in [5.41, 5.74) is 7.72. The topological polar surface area (TPSA) is 111 Å². The Bertz CT molecular complexity index is 1220. The first kappa shape index (κ1) is 23.8. The summed E-state index contributed by atoms with van der Waals surface area (Å²) >= 11 is 12.0. The van der Waals surface area contributed by atoms with Crippen molar-refractivity contribution in [3.8, 4) is 12.3 Å². The number of nitrogen functional groups attached to an aromatic ring is 1. The third kappa shape index (κ3) is 4.82. The fourth-order valence-corrected chi connectivity index (χ4v) is 3.33. The Balaban J connectivity index is 0.000000225. The van der Waals surface area contributed by atoms with E-state index in [-0.39, 0.29) is 27.0 Å². The third-order valence-electron chi connectivity index (χ3n) is 4.29. The molecular weight excluding hydrogens is 443 g/mol. The summed E-state index contributed by atoms with van der Waals surface area (Å²) in [6.45, 7) is 1.44. The molecule has 0 amide bonds. The van der Waals surface area contributed by atoms with Gasteiger partial charge < -0.3 is 20.2 Å². The van der Waals surface area contributed by atoms with Crippen LogP contribution in [0.3, 0.4) is 0 Å². The second-order valence-electron chi connectivity index (χ2n) is 6.13. The lowest BCUT2D eigenvalue weighted by Crippen LogP contribution is -2.05. The number of carbonyl (C=O) groups is 3. The molecule has 0 spiro atoms. The zero-order chi connectivity index (χ0) is 23.3. The van der Waals surface area contributed by atoms with Crippen LogP contribution < -0.4 is 5.73 Å². The van der Waals surface area contributed by atoms with E-state index < -0.39 is 11.9 Å². The van der Waals surface area contributed by atoms with Gasteiger partial charge in [-0.15, -0.1) is 6.42 Å². The number of aromatic nitrogens is 1. The van der Waals surface area contributed by atoms with Crippen LogP contribution in [0, 0.1) is 12.3 Å². The number of halogens is 2. The fraction of sp³-hybridized carbons (Fsp3) is 0.136. The quantitative estimate of drug-likeness (QED) is 0.257. The van der Waals surface area contributed by atoms with E-state index in [1.165, 1.54) is 39.3 Å². The average Bonchev–Trinajstić information content (AvgIpc) is 3.24. The Labute approximate surface area is 188 Å². The van der Waals surface area contributed by atoms with Gasteiger partial charge in [-0.25, -0.2) is 9.59 Å². The van der Waals surface area contributed by atoms with Gasteiger partial charge in [-0.05, 0) is 31.2 Å². The molecule has 3 aromatic rings. The van der Waals surface area contributed by atoms with Crippen molar-refractivity contribution >= 4 is 57.5 Å². The van der Waals surface area contributed by atoms with E-state index in [2.05, 4.69) is 20.4 Å². The Kier molecular flexibility index (Phi) is 7.70. The van der Waals surface area contributed by atoms with Gasteiger partial charge in [0.1, 0.15) is 0 Å². The van der Waals surface area contributed by atoms with Crippen molar-refractivity contribution in [1.82, 2.24) is 4.98 Å². The molecule has 31 heavy (non-hydrogen) atoms. The van der Waals surface area contributed by atoms with Gasteiger partial charge in [0, 0.05) is 22.8 Å². The van der Waals surface area contributed by atoms with E-state index in [4.69, 9.17) is 35.4 Å². The lowest BCUT2D eigenvalue weighted by Gasteiger charge is -2.07. The van der Waals surface area contributed by atoms with Gasteiger partial charge in [-0.1, -0.05) is 29.1 Å². The monoisotopic (exact) mass is 460 g/mol. The molecule has 0 aliphatic carbocycles. The van der Waals surface area contributed by atoms with Crippen LogP contribution in [0.25, 0.3) is 10.9 Å². The number of terminal acetylenes is 1. The average molecular weight is 461 g/mol. The molecule has 7 nitrogen and oxygen atoms in total. The second-order valence-corrected chi connectivity index (χ2v) is 6.88. The smallest absolute Gasteiger partial charge is 0.339 e. The highest BCUT2D eigenvalue weighted by atomic mass is 35.5. The van der Waals surface area contributed by atoms with Crippen LogP contribution in [0.15, 0.2) is 30.5 Å². The van der Waals surface area contributed by atoms with Crippen molar-refractivity contribution < 1.29 is 23.9 Å². The third-order valence-corrected chi connectivity index (χ3v) is 5.09. The van der Waals surface area contributed by atoms with E-state index >= 15 is 0 Å². The summed E-state index contributed by atoms with van der Waals surface area (Å²) in [6, 6.07) is 6.17. The van der Waals surface area contributed by atoms with E-state index in [0.717, 1.165) is 0 Å². The molecular formula is C22H18Cl2N2O5. The molecule has 0 saturated carbocycles. The summed E-state index contributed by atoms with van der Waals surface area (Å²) < 4.78 is 9.16. The number of nitrogens with two attached hydrogens (primary N) is 1. The number of methoxy groups -OCH3 is 2. The van der Waals surface area contributed by atoms with Crippen molar-refractivity contribution in [2.24, 2.45) is 0 Å². The molecule has 0 unspecified atom stereocenters. The standard InChI is InChI=1S/C12H10ClNO3.C10H8ClNO2/c1-6(15)8-5-9(12(16)17-2)10(13)7-3-4-14-11(7)8;1-3-6-8(12)5-4-7(9(6)11)10(13)14-2/h3-5,14H,1-2H3;1,4-5H,12H2,2H3. The molecule has 160 valence electrons. The Morgan fingerprint density at radius 3 is 2.16 bits per heavy atom. The number of rotatable bonds is 3. The first-order valence-corrected chi connectivity index (χ1v) is 9.45. The predicted octanol–water partition coefficient (Wildman–Crippen LogP) is 4.50. The van der Waals surface area contributed by atoms with Crippen LogP contribution in [0.5, 0.6) is 0 Å². The zero-order valence-electron chi connectivity index (χ0n) is 16.8. The minimum absolute atomic E-state index is 0.140. The van der Waals surface area contributed by atoms with Gasteiger partial charge in [0.05, 0.1) is 46.5 Å². The lowest BCUT2D eigenvalue weighted by molar-refractivity contribution is 0.0592. The van der Waals surface area contributed by atoms with Gasteiger partial charge in [0.25, 0.3) is 0 Å². The fourth-order valence-electron chi connectivity index (χ4n) is 2.74. The number of H-pyrrole nitrogens is 1. The number of anilines is 1. The van der Waals surface area contributed by atoms with E-state index in [0.29, 0.717) is 27.7 Å². The predicted molar refractivity (Wildman–Crippen MR) is 120 cm³/mol. The number of esters is 2. The first-order valence-electron chi connectivity index (χ1n) is 8.69. The van der Waals surface area contributed by atoms with E-state index in [9.17, 15) is 14.4 Å². The number of benzene rings is 2. The van der Waals surface area contributed by atoms with Crippen molar-refractivity contribution in [3.05, 3.63) is 62.8 Å². The summed E-state index contributed by atoms with van der Waals surface area (Å²) in [6.07, 6.45) is 6.87. The number of hydrogen-bond acceptors (Lipinski definition) is 6. The Morgan fingerprint density at radius 2 is 1.61 bits per heavy atom. The second kappa shape index (κ2) is 10.0. The maximum absolute atomic E-state index is 11.5. The van der Waals surface area contributed by atoms with Gasteiger partial charge in [0.2, 0.25) is 0 Å². The lowest BCUT2D eigenvalue weighted by atomic mass is 10.0. The molecule has 0 aliphatic heterocycles. The van der Waals surface area contributed by atoms with E-state index in [1.54, 1.807) is 12.3 Å². The summed E-state index contributed by atoms with van der Waals surface area (Å²) in [4.78, 5) is 37.2. The van der Waals surface area contributed by atoms with Gasteiger partial charge >= 0.3 is 11.9 Å². The SMILES string of the molecule is C#Cc1c(N)ccc(C(=O)OC)c1Cl.COC(=O)c1cc(C(C)=O)c2[nH]ccc2c1Cl. The maximum atomic E-state index is 11.5. The highest BCUT2D eigenvalue weighted by Gasteiger charge is 2.19. The molecule has 1 heterocycles. The van der Waals surface area contributed by atoms with Crippen molar-refractivity contribution in [1.29, 1.82) is 0 Å². The van der Waals surface area contributed by atoms with Crippen LogP contribution in [0.4, 0.5) is 5.69 Å². The van der Waals surface area contributed by atoms with Gasteiger partial charge in [-0.3, -0.25) is 4.79 Å². The number of ketones is 1. The van der Waals surface area contributed by atoms with Crippen LogP contribution in [-0.4, -0.2) is 36.9 Å². The number of hydrogen-bond donors (Lipinski definition) is 2. The number of ether oxygens (including phenoxy) is 2. The van der Waals surface area contributed by atoms with E-state index in [1.807, 2.05) is 0 Å². The molecule has 2 aromatic carbocycles. The molecule has 3 N–H and O–H groups in total. The largest absolute Gasteiger partial charge is 0.465 e. The molecule has 0 aliphatic rings. The number of Topliss-reactive ketones (excluding diaryl/α,β-unsaturated/α-hetero) is 1. The molecule has 0 atom stereocenters. The Hall–Kier alpha value is -3.47. The van der Waals surface area contributed by atoms with Crippen molar-refractivity contribution in [3.63, 3.8) is 0 Å². The summed E-state index contributed by atoms with van der Waals surface area (Å²) in [7, 11) is 2.54. The normalized spacial score (nSPS) is 9.94. The molecule has 3 rings (SSSR count). The maximum Gasteiger partial charge on any atom is 0.339 e. The summed E-state index contributed by atoms with van der Waals surface area (Å²) in [5, 5.41) is 1.08. The molecule has 0 radical (unpaired) electrons. The molecule has 9 heteroatoms. The molecule has 0 saturated heterocycles. The minimum Gasteiger partial charge on any atom is -0.465 e. The minimum atomic E-state index is -0.555. The molecule has 0 fully saturated rings. The van der Waals surface area contributed by atoms with Crippen LogP contribution in [0.1, 0.15) is 43.6 Å².